The lowest BCUT2D eigenvalue weighted by Crippen LogP contribution is -2.30. The Hall–Kier alpha value is -3.00. The Morgan fingerprint density at radius 2 is 1.74 bits per heavy atom. The Labute approximate surface area is 187 Å². The van der Waals surface area contributed by atoms with Crippen LogP contribution in [0.1, 0.15) is 42.9 Å². The van der Waals surface area contributed by atoms with Crippen LogP contribution in [0.3, 0.4) is 0 Å². The molecule has 0 spiro atoms. The second kappa shape index (κ2) is 9.87. The minimum Gasteiger partial charge on any atom is -0.507 e. The smallest absolute Gasteiger partial charge is 0.303 e. The van der Waals surface area contributed by atoms with Gasteiger partial charge in [-0.25, -0.2) is 4.39 Å². The molecule has 1 fully saturated rings. The van der Waals surface area contributed by atoms with Crippen molar-refractivity contribution >= 4 is 39.3 Å². The van der Waals surface area contributed by atoms with Gasteiger partial charge in [0.1, 0.15) is 11.6 Å². The highest BCUT2D eigenvalue weighted by atomic mass is 79.9. The van der Waals surface area contributed by atoms with Crippen molar-refractivity contribution in [1.29, 1.82) is 0 Å². The maximum absolute atomic E-state index is 13.9. The van der Waals surface area contributed by atoms with E-state index >= 15 is 0 Å². The van der Waals surface area contributed by atoms with E-state index in [2.05, 4.69) is 15.9 Å². The SMILES string of the molecule is O=C(O)CCCCCN1C(=O)C(=O)/C(=C(\O)c2ccc(Br)cc2)C1c1cccc(F)c1. The first kappa shape index (κ1) is 22.7. The molecular formula is C23H21BrFNO5. The number of Topliss-reactive ketones (excluding diaryl/α,β-unsaturated/α-hetero) is 1. The number of ketones is 1. The topological polar surface area (TPSA) is 94.9 Å². The number of carbonyl (C=O) groups excluding carboxylic acids is 2. The van der Waals surface area contributed by atoms with Crippen molar-refractivity contribution in [1.82, 2.24) is 4.90 Å². The number of amides is 1. The molecule has 0 saturated carbocycles. The minimum absolute atomic E-state index is 0.0235. The molecule has 6 nitrogen and oxygen atoms in total. The lowest BCUT2D eigenvalue weighted by Gasteiger charge is -2.25. The second-order valence-electron chi connectivity index (χ2n) is 7.26. The molecule has 0 aromatic heterocycles. The maximum atomic E-state index is 13.9. The third kappa shape index (κ3) is 5.19. The van der Waals surface area contributed by atoms with Crippen molar-refractivity contribution in [3.8, 4) is 0 Å². The minimum atomic E-state index is -0.932. The Morgan fingerprint density at radius 1 is 1.03 bits per heavy atom. The quantitative estimate of drug-likeness (QED) is 0.243. The summed E-state index contributed by atoms with van der Waals surface area (Å²) in [5, 5.41) is 19.7. The van der Waals surface area contributed by atoms with Crippen LogP contribution in [0.25, 0.3) is 5.76 Å². The number of aliphatic hydroxyl groups is 1. The fourth-order valence-corrected chi connectivity index (χ4v) is 3.90. The maximum Gasteiger partial charge on any atom is 0.303 e. The van der Waals surface area contributed by atoms with E-state index in [1.54, 1.807) is 30.3 Å². The van der Waals surface area contributed by atoms with E-state index in [1.807, 2.05) is 0 Å². The molecule has 2 aromatic carbocycles. The number of hydrogen-bond donors (Lipinski definition) is 2. The van der Waals surface area contributed by atoms with Crippen molar-refractivity contribution in [2.75, 3.05) is 6.54 Å². The zero-order valence-corrected chi connectivity index (χ0v) is 18.1. The molecule has 1 heterocycles. The molecule has 2 aromatic rings. The number of likely N-dealkylation sites (tertiary alicyclic amines) is 1. The van der Waals surface area contributed by atoms with Crippen LogP contribution in [0.4, 0.5) is 4.39 Å². The lowest BCUT2D eigenvalue weighted by atomic mass is 9.95. The van der Waals surface area contributed by atoms with Gasteiger partial charge in [0.2, 0.25) is 0 Å². The average molecular weight is 490 g/mol. The number of aliphatic hydroxyl groups excluding tert-OH is 1. The molecule has 0 radical (unpaired) electrons. The van der Waals surface area contributed by atoms with Gasteiger partial charge in [0.15, 0.2) is 0 Å². The summed E-state index contributed by atoms with van der Waals surface area (Å²) >= 11 is 3.31. The molecule has 1 unspecified atom stereocenters. The summed E-state index contributed by atoms with van der Waals surface area (Å²) in [5.41, 5.74) is 0.649. The van der Waals surface area contributed by atoms with Gasteiger partial charge < -0.3 is 15.1 Å². The number of hydrogen-bond acceptors (Lipinski definition) is 4. The second-order valence-corrected chi connectivity index (χ2v) is 8.17. The first-order valence-electron chi connectivity index (χ1n) is 9.81. The highest BCUT2D eigenvalue weighted by Gasteiger charge is 2.45. The van der Waals surface area contributed by atoms with Gasteiger partial charge in [-0.3, -0.25) is 14.4 Å². The molecule has 1 aliphatic rings. The van der Waals surface area contributed by atoms with Gasteiger partial charge in [0, 0.05) is 23.0 Å². The number of carbonyl (C=O) groups is 3. The molecule has 0 bridgehead atoms. The van der Waals surface area contributed by atoms with Crippen LogP contribution in [-0.2, 0) is 14.4 Å². The summed E-state index contributed by atoms with van der Waals surface area (Å²) in [4.78, 5) is 37.6. The normalized spacial score (nSPS) is 17.9. The van der Waals surface area contributed by atoms with Gasteiger partial charge in [0.25, 0.3) is 11.7 Å². The number of benzene rings is 2. The molecule has 1 atom stereocenters. The monoisotopic (exact) mass is 489 g/mol. The van der Waals surface area contributed by atoms with Crippen LogP contribution in [0.15, 0.2) is 58.6 Å². The third-order valence-corrected chi connectivity index (χ3v) is 5.64. The van der Waals surface area contributed by atoms with Gasteiger partial charge in [-0.15, -0.1) is 0 Å². The summed E-state index contributed by atoms with van der Waals surface area (Å²) in [6.45, 7) is 0.183. The van der Waals surface area contributed by atoms with Crippen LogP contribution in [0, 0.1) is 5.82 Å². The van der Waals surface area contributed by atoms with E-state index in [0.717, 1.165) is 4.47 Å². The van der Waals surface area contributed by atoms with Crippen LogP contribution >= 0.6 is 15.9 Å². The molecule has 3 rings (SSSR count). The van der Waals surface area contributed by atoms with Crippen molar-refractivity contribution in [3.63, 3.8) is 0 Å². The van der Waals surface area contributed by atoms with Crippen LogP contribution in [0.5, 0.6) is 0 Å². The highest BCUT2D eigenvalue weighted by molar-refractivity contribution is 9.10. The molecule has 1 aliphatic heterocycles. The summed E-state index contributed by atoms with van der Waals surface area (Å²) < 4.78 is 14.7. The zero-order chi connectivity index (χ0) is 22.5. The standard InChI is InChI=1S/C23H21BrFNO5/c24-16-10-8-14(9-11-16)21(29)19-20(15-5-4-6-17(25)13-15)26(23(31)22(19)30)12-3-1-2-7-18(27)28/h4-6,8-11,13,20,29H,1-3,7,12H2,(H,27,28)/b21-19-. The van der Waals surface area contributed by atoms with Gasteiger partial charge in [0.05, 0.1) is 11.6 Å². The van der Waals surface area contributed by atoms with Gasteiger partial charge >= 0.3 is 5.97 Å². The fraction of sp³-hybridized carbons (Fsp3) is 0.261. The third-order valence-electron chi connectivity index (χ3n) is 5.11. The first-order chi connectivity index (χ1) is 14.8. The van der Waals surface area contributed by atoms with E-state index in [9.17, 15) is 23.9 Å². The van der Waals surface area contributed by atoms with Crippen molar-refractivity contribution in [2.45, 2.75) is 31.7 Å². The molecule has 0 aliphatic carbocycles. The summed E-state index contributed by atoms with van der Waals surface area (Å²) in [6.07, 6.45) is 1.50. The number of unbranched alkanes of at least 4 members (excludes halogenated alkanes) is 2. The summed E-state index contributed by atoms with van der Waals surface area (Å²) in [5.74, 6) is -3.34. The van der Waals surface area contributed by atoms with Crippen molar-refractivity contribution < 1.29 is 29.0 Å². The van der Waals surface area contributed by atoms with Crippen LogP contribution in [-0.4, -0.2) is 39.3 Å². The van der Waals surface area contributed by atoms with Gasteiger partial charge in [-0.2, -0.15) is 0 Å². The highest BCUT2D eigenvalue weighted by Crippen LogP contribution is 2.39. The molecule has 1 amide bonds. The summed E-state index contributed by atoms with van der Waals surface area (Å²) in [7, 11) is 0. The van der Waals surface area contributed by atoms with E-state index in [1.165, 1.54) is 23.1 Å². The van der Waals surface area contributed by atoms with Crippen molar-refractivity contribution in [2.24, 2.45) is 0 Å². The Balaban J connectivity index is 1.97. The predicted octanol–water partition coefficient (Wildman–Crippen LogP) is 4.65. The molecule has 8 heteroatoms. The van der Waals surface area contributed by atoms with E-state index < -0.39 is 29.5 Å². The van der Waals surface area contributed by atoms with E-state index in [-0.39, 0.29) is 24.3 Å². The number of nitrogens with zero attached hydrogens (tertiary/aromatic N) is 1. The Morgan fingerprint density at radius 3 is 2.39 bits per heavy atom. The fourth-order valence-electron chi connectivity index (χ4n) is 3.63. The summed E-state index contributed by atoms with van der Waals surface area (Å²) in [6, 6.07) is 11.3. The number of halogens is 2. The van der Waals surface area contributed by atoms with Crippen LogP contribution in [0.2, 0.25) is 0 Å². The Bertz CT molecular complexity index is 1030. The molecule has 2 N–H and O–H groups in total. The molecule has 31 heavy (non-hydrogen) atoms. The van der Waals surface area contributed by atoms with Crippen molar-refractivity contribution in [3.05, 3.63) is 75.5 Å². The van der Waals surface area contributed by atoms with Gasteiger partial charge in [-0.05, 0) is 42.7 Å². The Kier molecular flexibility index (Phi) is 7.22. The van der Waals surface area contributed by atoms with E-state index in [0.29, 0.717) is 30.4 Å². The largest absolute Gasteiger partial charge is 0.507 e. The lowest BCUT2D eigenvalue weighted by molar-refractivity contribution is -0.140. The first-order valence-corrected chi connectivity index (χ1v) is 10.6. The zero-order valence-electron chi connectivity index (χ0n) is 16.6. The average Bonchev–Trinajstić information content (AvgIpc) is 2.98. The predicted molar refractivity (Wildman–Crippen MR) is 116 cm³/mol. The number of carboxylic acids is 1. The molecular weight excluding hydrogens is 469 g/mol. The number of aliphatic carboxylic acids is 1. The van der Waals surface area contributed by atoms with Gasteiger partial charge in [-0.1, -0.05) is 46.6 Å². The molecule has 1 saturated heterocycles. The van der Waals surface area contributed by atoms with Crippen LogP contribution < -0.4 is 0 Å². The molecule has 162 valence electrons. The number of carboxylic acid groups (broad SMARTS) is 1. The van der Waals surface area contributed by atoms with E-state index in [4.69, 9.17) is 5.11 Å². The number of rotatable bonds is 8.